The summed E-state index contributed by atoms with van der Waals surface area (Å²) in [5.41, 5.74) is 4.18. The monoisotopic (exact) mass is 373 g/mol. The Morgan fingerprint density at radius 3 is 2.32 bits per heavy atom. The number of halogens is 1. The molecule has 1 N–H and O–H groups in total. The molecule has 0 spiro atoms. The lowest BCUT2D eigenvalue weighted by Crippen LogP contribution is -2.30. The molecular weight excluding hydrogens is 353 g/mol. The number of aromatic nitrogens is 2. The number of nitrogens with zero attached hydrogens (tertiary/aromatic N) is 2. The van der Waals surface area contributed by atoms with Crippen molar-refractivity contribution in [3.05, 3.63) is 82.4 Å². The number of benzene rings is 2. The Labute approximate surface area is 163 Å². The van der Waals surface area contributed by atoms with Crippen LogP contribution in [0, 0.1) is 18.2 Å². The average molecular weight is 373 g/mol. The summed E-state index contributed by atoms with van der Waals surface area (Å²) in [5, 5.41) is 7.37. The summed E-state index contributed by atoms with van der Waals surface area (Å²) in [5.74, 6) is 2.08. The molecule has 0 saturated heterocycles. The lowest BCUT2D eigenvalue weighted by Gasteiger charge is -2.28. The van der Waals surface area contributed by atoms with Crippen LogP contribution in [0.5, 0.6) is 0 Å². The van der Waals surface area contributed by atoms with E-state index in [9.17, 15) is 9.18 Å². The van der Waals surface area contributed by atoms with Gasteiger partial charge in [-0.1, -0.05) is 38.8 Å². The van der Waals surface area contributed by atoms with Crippen LogP contribution in [-0.2, 0) is 5.41 Å². The zero-order valence-electron chi connectivity index (χ0n) is 16.0. The molecule has 1 amide bonds. The highest BCUT2D eigenvalue weighted by Gasteiger charge is 2.44. The molecule has 28 heavy (non-hydrogen) atoms. The van der Waals surface area contributed by atoms with Crippen LogP contribution in [-0.4, -0.2) is 16.1 Å². The van der Waals surface area contributed by atoms with E-state index in [1.807, 2.05) is 12.1 Å². The van der Waals surface area contributed by atoms with E-state index in [-0.39, 0.29) is 17.1 Å². The van der Waals surface area contributed by atoms with Crippen molar-refractivity contribution >= 4 is 11.6 Å². The molecule has 1 aromatic heterocycles. The maximum absolute atomic E-state index is 13.5. The maximum Gasteiger partial charge on any atom is 0.280 e. The summed E-state index contributed by atoms with van der Waals surface area (Å²) in [6.07, 6.45) is 5.45. The fourth-order valence-corrected chi connectivity index (χ4v) is 3.66. The summed E-state index contributed by atoms with van der Waals surface area (Å²) >= 11 is 0. The molecular formula is C23H20FN3O. The molecule has 1 aliphatic heterocycles. The number of amides is 1. The second kappa shape index (κ2) is 6.35. The van der Waals surface area contributed by atoms with E-state index in [0.717, 1.165) is 28.1 Å². The number of fused-ring (bicyclic) bond motifs is 1. The minimum Gasteiger partial charge on any atom is -0.295 e. The van der Waals surface area contributed by atoms with Crippen LogP contribution in [0.15, 0.2) is 48.5 Å². The summed E-state index contributed by atoms with van der Waals surface area (Å²) in [6.45, 7) is 6.20. The number of terminal acetylenes is 1. The van der Waals surface area contributed by atoms with E-state index in [0.29, 0.717) is 5.69 Å². The van der Waals surface area contributed by atoms with Crippen LogP contribution >= 0.6 is 0 Å². The van der Waals surface area contributed by atoms with Gasteiger partial charge >= 0.3 is 0 Å². The van der Waals surface area contributed by atoms with Crippen molar-refractivity contribution in [1.82, 2.24) is 10.2 Å². The molecule has 0 saturated carbocycles. The quantitative estimate of drug-likeness (QED) is 0.669. The fraction of sp³-hybridized carbons (Fsp3) is 0.217. The van der Waals surface area contributed by atoms with Gasteiger partial charge in [-0.25, -0.2) is 4.39 Å². The van der Waals surface area contributed by atoms with Crippen LogP contribution in [0.4, 0.5) is 10.1 Å². The van der Waals surface area contributed by atoms with Crippen molar-refractivity contribution < 1.29 is 9.18 Å². The summed E-state index contributed by atoms with van der Waals surface area (Å²) in [4.78, 5) is 15.0. The number of rotatable bonds is 2. The lowest BCUT2D eigenvalue weighted by atomic mass is 9.85. The molecule has 0 fully saturated rings. The van der Waals surface area contributed by atoms with E-state index in [1.165, 1.54) is 12.1 Å². The van der Waals surface area contributed by atoms with Gasteiger partial charge in [-0.2, -0.15) is 5.10 Å². The standard InChI is InChI=1S/C23H20FN3O/c1-5-14-6-12-17(13-7-14)27-20(15-8-10-16(24)11-9-15)18-19(22(27)28)25-26-21(18)23(2,3)4/h1,6-13,20H,2-4H3,(H,25,26)/t20-/m1/s1. The summed E-state index contributed by atoms with van der Waals surface area (Å²) < 4.78 is 13.5. The molecule has 4 nitrogen and oxygen atoms in total. The van der Waals surface area contributed by atoms with Gasteiger partial charge in [0.1, 0.15) is 5.82 Å². The first-order chi connectivity index (χ1) is 13.3. The highest BCUT2D eigenvalue weighted by molar-refractivity contribution is 6.10. The number of hydrogen-bond acceptors (Lipinski definition) is 2. The van der Waals surface area contributed by atoms with Crippen molar-refractivity contribution in [3.63, 3.8) is 0 Å². The van der Waals surface area contributed by atoms with Crippen LogP contribution in [0.2, 0.25) is 0 Å². The molecule has 2 heterocycles. The van der Waals surface area contributed by atoms with Crippen molar-refractivity contribution in [2.45, 2.75) is 32.2 Å². The Balaban J connectivity index is 1.92. The van der Waals surface area contributed by atoms with Gasteiger partial charge in [-0.3, -0.25) is 14.8 Å². The summed E-state index contributed by atoms with van der Waals surface area (Å²) in [7, 11) is 0. The molecule has 0 bridgehead atoms. The first kappa shape index (κ1) is 18.0. The molecule has 2 aromatic carbocycles. The topological polar surface area (TPSA) is 49.0 Å². The predicted octanol–water partition coefficient (Wildman–Crippen LogP) is 4.58. The van der Waals surface area contributed by atoms with Crippen LogP contribution in [0.1, 0.15) is 59.7 Å². The van der Waals surface area contributed by atoms with Gasteiger partial charge in [-0.05, 0) is 42.0 Å². The van der Waals surface area contributed by atoms with E-state index in [1.54, 1.807) is 29.2 Å². The van der Waals surface area contributed by atoms with Gasteiger partial charge in [0.05, 0.1) is 6.04 Å². The zero-order chi connectivity index (χ0) is 20.1. The molecule has 0 radical (unpaired) electrons. The third-order valence-electron chi connectivity index (χ3n) is 5.00. The smallest absolute Gasteiger partial charge is 0.280 e. The van der Waals surface area contributed by atoms with Gasteiger partial charge in [0.2, 0.25) is 0 Å². The molecule has 1 atom stereocenters. The predicted molar refractivity (Wildman–Crippen MR) is 107 cm³/mol. The van der Waals surface area contributed by atoms with Gasteiger partial charge < -0.3 is 0 Å². The van der Waals surface area contributed by atoms with Crippen molar-refractivity contribution in [2.24, 2.45) is 0 Å². The van der Waals surface area contributed by atoms with Gasteiger partial charge in [0.15, 0.2) is 5.69 Å². The van der Waals surface area contributed by atoms with Crippen LogP contribution in [0.3, 0.4) is 0 Å². The van der Waals surface area contributed by atoms with Crippen LogP contribution in [0.25, 0.3) is 0 Å². The average Bonchev–Trinajstić information content (AvgIpc) is 3.22. The molecule has 1 aliphatic rings. The highest BCUT2D eigenvalue weighted by Crippen LogP contribution is 2.44. The molecule has 0 aliphatic carbocycles. The van der Waals surface area contributed by atoms with E-state index in [2.05, 4.69) is 36.9 Å². The van der Waals surface area contributed by atoms with E-state index in [4.69, 9.17) is 6.42 Å². The number of hydrogen-bond donors (Lipinski definition) is 1. The Morgan fingerprint density at radius 2 is 1.75 bits per heavy atom. The second-order valence-electron chi connectivity index (χ2n) is 7.93. The zero-order valence-corrected chi connectivity index (χ0v) is 16.0. The molecule has 0 unspecified atom stereocenters. The third-order valence-corrected chi connectivity index (χ3v) is 5.00. The van der Waals surface area contributed by atoms with Gasteiger partial charge in [0.25, 0.3) is 5.91 Å². The number of aromatic amines is 1. The van der Waals surface area contributed by atoms with Crippen LogP contribution < -0.4 is 4.90 Å². The number of H-pyrrole nitrogens is 1. The third kappa shape index (κ3) is 2.78. The maximum atomic E-state index is 13.5. The first-order valence-corrected chi connectivity index (χ1v) is 9.05. The minimum absolute atomic E-state index is 0.190. The lowest BCUT2D eigenvalue weighted by molar-refractivity contribution is 0.0988. The molecule has 5 heteroatoms. The fourth-order valence-electron chi connectivity index (χ4n) is 3.66. The first-order valence-electron chi connectivity index (χ1n) is 9.05. The second-order valence-corrected chi connectivity index (χ2v) is 7.93. The van der Waals surface area contributed by atoms with E-state index >= 15 is 0 Å². The Morgan fingerprint density at radius 1 is 1.11 bits per heavy atom. The van der Waals surface area contributed by atoms with E-state index < -0.39 is 6.04 Å². The largest absolute Gasteiger partial charge is 0.295 e. The molecule has 140 valence electrons. The minimum atomic E-state index is -0.396. The van der Waals surface area contributed by atoms with Gasteiger partial charge in [-0.15, -0.1) is 6.42 Å². The molecule has 3 aromatic rings. The SMILES string of the molecule is C#Cc1ccc(N2C(=O)c3n[nH]c(C(C)(C)C)c3[C@H]2c2ccc(F)cc2)cc1. The number of nitrogens with one attached hydrogen (secondary N) is 1. The van der Waals surface area contributed by atoms with Crippen molar-refractivity contribution in [3.8, 4) is 12.3 Å². The van der Waals surface area contributed by atoms with Gasteiger partial charge in [0, 0.05) is 27.9 Å². The number of carbonyl (C=O) groups excluding carboxylic acids is 1. The molecule has 4 rings (SSSR count). The van der Waals surface area contributed by atoms with Crippen molar-refractivity contribution in [2.75, 3.05) is 4.90 Å². The van der Waals surface area contributed by atoms with Crippen molar-refractivity contribution in [1.29, 1.82) is 0 Å². The highest BCUT2D eigenvalue weighted by atomic mass is 19.1. The Kier molecular flexibility index (Phi) is 4.08. The Bertz CT molecular complexity index is 1080. The normalized spacial score (nSPS) is 16.2. The number of anilines is 1. The Hall–Kier alpha value is -3.39. The number of carbonyl (C=O) groups is 1. The summed E-state index contributed by atoms with van der Waals surface area (Å²) in [6, 6.07) is 13.1.